The molecule has 3 aromatic rings. The van der Waals surface area contributed by atoms with Crippen LogP contribution in [0.15, 0.2) is 76.8 Å². The zero-order chi connectivity index (χ0) is 21.5. The second kappa shape index (κ2) is 10.1. The van der Waals surface area contributed by atoms with Crippen molar-refractivity contribution in [2.24, 2.45) is 0 Å². The average molecular weight is 486 g/mol. The van der Waals surface area contributed by atoms with Crippen molar-refractivity contribution in [3.05, 3.63) is 98.7 Å². The van der Waals surface area contributed by atoms with E-state index in [-0.39, 0.29) is 11.3 Å². The fraction of sp³-hybridized carbons (Fsp3) is 0.0435. The highest BCUT2D eigenvalue weighted by molar-refractivity contribution is 9.10. The fourth-order valence-electron chi connectivity index (χ4n) is 2.58. The van der Waals surface area contributed by atoms with Gasteiger partial charge in [-0.15, -0.1) is 0 Å². The van der Waals surface area contributed by atoms with Crippen molar-refractivity contribution >= 4 is 45.2 Å². The molecule has 0 atom stereocenters. The van der Waals surface area contributed by atoms with E-state index in [0.29, 0.717) is 27.4 Å². The first-order valence-electron chi connectivity index (χ1n) is 8.81. The molecule has 150 valence electrons. The Bertz CT molecular complexity index is 1160. The van der Waals surface area contributed by atoms with Crippen LogP contribution in [0.4, 0.5) is 10.1 Å². The molecule has 1 N–H and O–H groups in total. The maximum atomic E-state index is 13.7. The van der Waals surface area contributed by atoms with E-state index in [1.807, 2.05) is 24.3 Å². The van der Waals surface area contributed by atoms with Crippen LogP contribution >= 0.6 is 27.5 Å². The normalized spacial score (nSPS) is 10.9. The van der Waals surface area contributed by atoms with Crippen LogP contribution in [-0.4, -0.2) is 5.91 Å². The molecule has 30 heavy (non-hydrogen) atoms. The molecule has 0 fully saturated rings. The Balaban J connectivity index is 1.72. The van der Waals surface area contributed by atoms with Gasteiger partial charge in [0.1, 0.15) is 29.8 Å². The summed E-state index contributed by atoms with van der Waals surface area (Å²) < 4.78 is 20.2. The van der Waals surface area contributed by atoms with E-state index < -0.39 is 11.7 Å². The molecule has 0 unspecified atom stereocenters. The molecular weight excluding hydrogens is 471 g/mol. The SMILES string of the molecule is N#C/C(=C\c1ccc(OCc2cccc(Cl)c2)c(Br)c1)C(=O)Nc1ccccc1F. The Morgan fingerprint density at radius 2 is 1.97 bits per heavy atom. The lowest BCUT2D eigenvalue weighted by Gasteiger charge is -2.09. The Morgan fingerprint density at radius 3 is 2.67 bits per heavy atom. The Kier molecular flexibility index (Phi) is 7.23. The molecule has 0 saturated heterocycles. The quantitative estimate of drug-likeness (QED) is 0.326. The van der Waals surface area contributed by atoms with Crippen molar-refractivity contribution in [2.75, 3.05) is 5.32 Å². The Morgan fingerprint density at radius 1 is 1.17 bits per heavy atom. The minimum absolute atomic E-state index is 0.00888. The van der Waals surface area contributed by atoms with Gasteiger partial charge in [0.25, 0.3) is 5.91 Å². The maximum Gasteiger partial charge on any atom is 0.266 e. The van der Waals surface area contributed by atoms with E-state index >= 15 is 0 Å². The summed E-state index contributed by atoms with van der Waals surface area (Å²) in [5.41, 5.74) is 1.39. The third kappa shape index (κ3) is 5.69. The summed E-state index contributed by atoms with van der Waals surface area (Å²) in [6.45, 7) is 0.336. The van der Waals surface area contributed by atoms with Crippen LogP contribution in [0, 0.1) is 17.1 Å². The number of nitrogens with one attached hydrogen (secondary N) is 1. The van der Waals surface area contributed by atoms with E-state index in [0.717, 1.165) is 5.56 Å². The predicted molar refractivity (Wildman–Crippen MR) is 119 cm³/mol. The van der Waals surface area contributed by atoms with Crippen molar-refractivity contribution in [1.82, 2.24) is 0 Å². The number of rotatable bonds is 6. The van der Waals surface area contributed by atoms with Gasteiger partial charge in [0, 0.05) is 5.02 Å². The first-order valence-corrected chi connectivity index (χ1v) is 9.98. The van der Waals surface area contributed by atoms with Crippen molar-refractivity contribution in [2.45, 2.75) is 6.61 Å². The number of nitriles is 1. The molecule has 0 aliphatic rings. The number of halogens is 3. The van der Waals surface area contributed by atoms with E-state index in [9.17, 15) is 14.4 Å². The van der Waals surface area contributed by atoms with Gasteiger partial charge in [-0.25, -0.2) is 4.39 Å². The van der Waals surface area contributed by atoms with Crippen molar-refractivity contribution < 1.29 is 13.9 Å². The largest absolute Gasteiger partial charge is 0.488 e. The molecule has 0 saturated carbocycles. The number of amides is 1. The van der Waals surface area contributed by atoms with Crippen molar-refractivity contribution in [1.29, 1.82) is 5.26 Å². The summed E-state index contributed by atoms with van der Waals surface area (Å²) in [6, 6.07) is 20.1. The predicted octanol–water partition coefficient (Wildman–Crippen LogP) is 6.37. The summed E-state index contributed by atoms with van der Waals surface area (Å²) in [6.07, 6.45) is 1.42. The van der Waals surface area contributed by atoms with Gasteiger partial charge in [-0.2, -0.15) is 5.26 Å². The number of ether oxygens (including phenoxy) is 1. The van der Waals surface area contributed by atoms with Crippen molar-refractivity contribution in [3.63, 3.8) is 0 Å². The molecule has 0 radical (unpaired) electrons. The molecule has 1 amide bonds. The lowest BCUT2D eigenvalue weighted by molar-refractivity contribution is -0.112. The van der Waals surface area contributed by atoms with Crippen molar-refractivity contribution in [3.8, 4) is 11.8 Å². The van der Waals surface area contributed by atoms with Gasteiger partial charge >= 0.3 is 0 Å². The highest BCUT2D eigenvalue weighted by Gasteiger charge is 2.12. The zero-order valence-electron chi connectivity index (χ0n) is 15.5. The van der Waals surface area contributed by atoms with Crippen LogP contribution in [0.5, 0.6) is 5.75 Å². The highest BCUT2D eigenvalue weighted by atomic mass is 79.9. The number of anilines is 1. The number of hydrogen-bond donors (Lipinski definition) is 1. The van der Waals surface area contributed by atoms with Crippen LogP contribution in [0.3, 0.4) is 0 Å². The summed E-state index contributed by atoms with van der Waals surface area (Å²) >= 11 is 9.41. The molecular formula is C23H15BrClFN2O2. The average Bonchev–Trinajstić information content (AvgIpc) is 2.73. The molecule has 0 bridgehead atoms. The number of carbonyl (C=O) groups excluding carboxylic acids is 1. The van der Waals surface area contributed by atoms with Gasteiger partial charge in [0.2, 0.25) is 0 Å². The van der Waals surface area contributed by atoms with Gasteiger partial charge in [-0.1, -0.05) is 41.9 Å². The molecule has 0 aliphatic heterocycles. The number of nitrogens with zero attached hydrogens (tertiary/aromatic N) is 1. The minimum Gasteiger partial charge on any atom is -0.488 e. The van der Waals surface area contributed by atoms with Gasteiger partial charge in [0.05, 0.1) is 10.2 Å². The molecule has 0 aliphatic carbocycles. The van der Waals surface area contributed by atoms with Crippen LogP contribution in [0.1, 0.15) is 11.1 Å². The monoisotopic (exact) mass is 484 g/mol. The lowest BCUT2D eigenvalue weighted by Crippen LogP contribution is -2.14. The van der Waals surface area contributed by atoms with Gasteiger partial charge in [-0.05, 0) is 69.5 Å². The van der Waals surface area contributed by atoms with Gasteiger partial charge < -0.3 is 10.1 Å². The maximum absolute atomic E-state index is 13.7. The minimum atomic E-state index is -0.694. The van der Waals surface area contributed by atoms with E-state index in [4.69, 9.17) is 16.3 Å². The Labute approximate surface area is 186 Å². The second-order valence-electron chi connectivity index (χ2n) is 6.21. The van der Waals surface area contributed by atoms with Crippen LogP contribution < -0.4 is 10.1 Å². The number of hydrogen-bond acceptors (Lipinski definition) is 3. The summed E-state index contributed by atoms with van der Waals surface area (Å²) in [4.78, 5) is 12.3. The van der Waals surface area contributed by atoms with E-state index in [2.05, 4.69) is 21.2 Å². The Hall–Kier alpha value is -3.14. The zero-order valence-corrected chi connectivity index (χ0v) is 17.9. The molecule has 0 spiro atoms. The van der Waals surface area contributed by atoms with E-state index in [1.165, 1.54) is 24.3 Å². The number of para-hydroxylation sites is 1. The molecule has 0 aromatic heterocycles. The molecule has 7 heteroatoms. The van der Waals surface area contributed by atoms with Crippen LogP contribution in [-0.2, 0) is 11.4 Å². The third-order valence-electron chi connectivity index (χ3n) is 4.04. The molecule has 0 heterocycles. The topological polar surface area (TPSA) is 62.1 Å². The molecule has 3 aromatic carbocycles. The number of carbonyl (C=O) groups is 1. The second-order valence-corrected chi connectivity index (χ2v) is 7.50. The number of benzene rings is 3. The smallest absolute Gasteiger partial charge is 0.266 e. The fourth-order valence-corrected chi connectivity index (χ4v) is 3.30. The standard InChI is InChI=1S/C23H15BrClFN2O2/c24-19-12-15(8-9-22(19)30-14-16-4-3-5-18(25)11-16)10-17(13-27)23(29)28-21-7-2-1-6-20(21)26/h1-12H,14H2,(H,28,29)/b17-10+. The van der Waals surface area contributed by atoms with E-state index in [1.54, 1.807) is 30.3 Å². The summed E-state index contributed by atoms with van der Waals surface area (Å²) in [7, 11) is 0. The summed E-state index contributed by atoms with van der Waals surface area (Å²) in [5.74, 6) is -0.673. The van der Waals surface area contributed by atoms with Crippen LogP contribution in [0.2, 0.25) is 5.02 Å². The highest BCUT2D eigenvalue weighted by Crippen LogP contribution is 2.28. The molecule has 3 rings (SSSR count). The first kappa shape index (κ1) is 21.6. The molecule has 4 nitrogen and oxygen atoms in total. The van der Waals surface area contributed by atoms with Gasteiger partial charge in [0.15, 0.2) is 0 Å². The first-order chi connectivity index (χ1) is 14.5. The summed E-state index contributed by atoms with van der Waals surface area (Å²) in [5, 5.41) is 12.4. The van der Waals surface area contributed by atoms with Gasteiger partial charge in [-0.3, -0.25) is 4.79 Å². The lowest BCUT2D eigenvalue weighted by atomic mass is 10.1. The van der Waals surface area contributed by atoms with Crippen LogP contribution in [0.25, 0.3) is 6.08 Å². The third-order valence-corrected chi connectivity index (χ3v) is 4.89.